The number of anilines is 1. The number of esters is 1. The number of hydrogen-bond donors (Lipinski definition) is 1. The molecular weight excluding hydrogens is 602 g/mol. The normalized spacial score (nSPS) is 14.5. The second-order valence-electron chi connectivity index (χ2n) is 9.38. The lowest BCUT2D eigenvalue weighted by Gasteiger charge is -2.28. The summed E-state index contributed by atoms with van der Waals surface area (Å²) in [5.74, 6) is 2.20. The molecule has 0 spiro atoms. The number of rotatable bonds is 8. The number of fused-ring (bicyclic) bond motifs is 1. The molecule has 1 atom stereocenters. The molecule has 0 saturated carbocycles. The van der Waals surface area contributed by atoms with Gasteiger partial charge in [-0.3, -0.25) is 0 Å². The molecule has 6 rings (SSSR count). The molecule has 41 heavy (non-hydrogen) atoms. The Morgan fingerprint density at radius 2 is 1.80 bits per heavy atom. The first kappa shape index (κ1) is 27.0. The van der Waals surface area contributed by atoms with E-state index >= 15 is 0 Å². The fourth-order valence-electron chi connectivity index (χ4n) is 4.65. The molecule has 0 aliphatic carbocycles. The second-order valence-corrected chi connectivity index (χ2v) is 11.2. The molecule has 5 aromatic rings. The zero-order chi connectivity index (χ0) is 28.3. The minimum Gasteiger partial charge on any atom is -0.463 e. The highest BCUT2D eigenvalue weighted by Gasteiger charge is 2.35. The van der Waals surface area contributed by atoms with Gasteiger partial charge in [-0.05, 0) is 49.2 Å². The van der Waals surface area contributed by atoms with Crippen molar-refractivity contribution in [1.29, 1.82) is 0 Å². The Kier molecular flexibility index (Phi) is 7.76. The standard InChI is InChI=1S/C31H26BrN5O3S/c1-3-39-29(38)26-19(2)34-30-35-31(36-37(30)27(26)22-13-15-24(32)16-14-22)41-18-20-9-11-23(12-10-20)28-33-17-25(40-28)21-7-5-4-6-8-21/h4-17,27H,3,18H2,1-2H3,(H,34,35,36). The predicted molar refractivity (Wildman–Crippen MR) is 162 cm³/mol. The fraction of sp³-hybridized carbons (Fsp3) is 0.161. The molecule has 206 valence electrons. The molecule has 0 amide bonds. The third kappa shape index (κ3) is 5.71. The number of aromatic nitrogens is 4. The van der Waals surface area contributed by atoms with Gasteiger partial charge in [-0.2, -0.15) is 4.98 Å². The van der Waals surface area contributed by atoms with Crippen LogP contribution in [0.4, 0.5) is 5.95 Å². The van der Waals surface area contributed by atoms with E-state index in [-0.39, 0.29) is 12.6 Å². The predicted octanol–water partition coefficient (Wildman–Crippen LogP) is 7.51. The maximum absolute atomic E-state index is 13.0. The SMILES string of the molecule is CCOC(=O)C1=C(C)Nc2nc(SCc3ccc(-c4ncc(-c5ccccc5)o4)cc3)nn2C1c1ccc(Br)cc1. The van der Waals surface area contributed by atoms with Crippen molar-refractivity contribution in [2.45, 2.75) is 30.8 Å². The molecular formula is C31H26BrN5O3S. The van der Waals surface area contributed by atoms with Crippen molar-refractivity contribution in [3.63, 3.8) is 0 Å². The topological polar surface area (TPSA) is 95.1 Å². The summed E-state index contributed by atoms with van der Waals surface area (Å²) < 4.78 is 14.1. The zero-order valence-corrected chi connectivity index (χ0v) is 24.8. The number of thioether (sulfide) groups is 1. The summed E-state index contributed by atoms with van der Waals surface area (Å²) in [4.78, 5) is 22.2. The van der Waals surface area contributed by atoms with E-state index in [0.29, 0.717) is 34.0 Å². The van der Waals surface area contributed by atoms with E-state index in [1.165, 1.54) is 11.8 Å². The van der Waals surface area contributed by atoms with Gasteiger partial charge >= 0.3 is 5.97 Å². The average Bonchev–Trinajstić information content (AvgIpc) is 3.64. The average molecular weight is 629 g/mol. The number of nitrogens with zero attached hydrogens (tertiary/aromatic N) is 4. The van der Waals surface area contributed by atoms with E-state index in [2.05, 4.69) is 38.4 Å². The van der Waals surface area contributed by atoms with E-state index in [1.54, 1.807) is 17.8 Å². The molecule has 0 saturated heterocycles. The first-order chi connectivity index (χ1) is 20.0. The van der Waals surface area contributed by atoms with Crippen LogP contribution < -0.4 is 5.32 Å². The number of carbonyl (C=O) groups excluding carboxylic acids is 1. The molecule has 0 radical (unpaired) electrons. The van der Waals surface area contributed by atoms with E-state index in [4.69, 9.17) is 19.2 Å². The van der Waals surface area contributed by atoms with Crippen molar-refractivity contribution >= 4 is 39.6 Å². The fourth-order valence-corrected chi connectivity index (χ4v) is 5.70. The van der Waals surface area contributed by atoms with E-state index in [0.717, 1.165) is 32.5 Å². The van der Waals surface area contributed by atoms with Gasteiger partial charge in [-0.15, -0.1) is 5.10 Å². The van der Waals surface area contributed by atoms with Gasteiger partial charge in [-0.25, -0.2) is 14.5 Å². The maximum Gasteiger partial charge on any atom is 0.338 e. The van der Waals surface area contributed by atoms with Crippen molar-refractivity contribution in [3.05, 3.63) is 112 Å². The summed E-state index contributed by atoms with van der Waals surface area (Å²) in [7, 11) is 0. The Morgan fingerprint density at radius 3 is 2.54 bits per heavy atom. The second kappa shape index (κ2) is 11.8. The minimum atomic E-state index is -0.457. The van der Waals surface area contributed by atoms with Gasteiger partial charge in [0, 0.05) is 27.0 Å². The van der Waals surface area contributed by atoms with Gasteiger partial charge in [0.25, 0.3) is 0 Å². The van der Waals surface area contributed by atoms with E-state index < -0.39 is 6.04 Å². The van der Waals surface area contributed by atoms with Gasteiger partial charge in [0.2, 0.25) is 17.0 Å². The highest BCUT2D eigenvalue weighted by atomic mass is 79.9. The molecule has 8 nitrogen and oxygen atoms in total. The van der Waals surface area contributed by atoms with Crippen molar-refractivity contribution < 1.29 is 13.9 Å². The van der Waals surface area contributed by atoms with Gasteiger partial charge < -0.3 is 14.5 Å². The first-order valence-electron chi connectivity index (χ1n) is 13.1. The number of carbonyl (C=O) groups is 1. The number of hydrogen-bond acceptors (Lipinski definition) is 8. The maximum atomic E-state index is 13.0. The third-order valence-electron chi connectivity index (χ3n) is 6.65. The lowest BCUT2D eigenvalue weighted by Crippen LogP contribution is -2.29. The molecule has 1 aliphatic heterocycles. The highest BCUT2D eigenvalue weighted by molar-refractivity contribution is 9.10. The van der Waals surface area contributed by atoms with Gasteiger partial charge in [0.05, 0.1) is 18.4 Å². The van der Waals surface area contributed by atoms with Gasteiger partial charge in [-0.1, -0.05) is 82.3 Å². The minimum absolute atomic E-state index is 0.289. The number of nitrogens with one attached hydrogen (secondary N) is 1. The lowest BCUT2D eigenvalue weighted by atomic mass is 9.96. The summed E-state index contributed by atoms with van der Waals surface area (Å²) in [5.41, 5.74) is 5.14. The van der Waals surface area contributed by atoms with Crippen LogP contribution in [0, 0.1) is 0 Å². The van der Waals surface area contributed by atoms with Crippen molar-refractivity contribution in [3.8, 4) is 22.8 Å². The highest BCUT2D eigenvalue weighted by Crippen LogP contribution is 2.37. The number of ether oxygens (including phenoxy) is 1. The lowest BCUT2D eigenvalue weighted by molar-refractivity contribution is -0.139. The smallest absolute Gasteiger partial charge is 0.338 e. The summed E-state index contributed by atoms with van der Waals surface area (Å²) >= 11 is 5.02. The summed E-state index contributed by atoms with van der Waals surface area (Å²) in [6.45, 7) is 3.95. The number of benzene rings is 3. The largest absolute Gasteiger partial charge is 0.463 e. The molecule has 0 fully saturated rings. The van der Waals surface area contributed by atoms with Gasteiger partial charge in [0.1, 0.15) is 6.04 Å². The molecule has 1 N–H and O–H groups in total. The van der Waals surface area contributed by atoms with Crippen LogP contribution in [0.25, 0.3) is 22.8 Å². The van der Waals surface area contributed by atoms with E-state index in [9.17, 15) is 4.79 Å². The van der Waals surface area contributed by atoms with E-state index in [1.807, 2.05) is 73.7 Å². The zero-order valence-electron chi connectivity index (χ0n) is 22.4. The summed E-state index contributed by atoms with van der Waals surface area (Å²) in [5, 5.41) is 8.65. The summed E-state index contributed by atoms with van der Waals surface area (Å²) in [6, 6.07) is 25.4. The Bertz CT molecular complexity index is 1710. The molecule has 0 bridgehead atoms. The number of halogens is 1. The third-order valence-corrected chi connectivity index (χ3v) is 8.08. The van der Waals surface area contributed by atoms with Crippen LogP contribution in [0.1, 0.15) is 31.0 Å². The number of oxazole rings is 1. The first-order valence-corrected chi connectivity index (χ1v) is 14.9. The molecule has 2 aromatic heterocycles. The molecule has 10 heteroatoms. The Labute approximate surface area is 250 Å². The Hall–Kier alpha value is -4.15. The molecule has 3 heterocycles. The number of allylic oxidation sites excluding steroid dienone is 1. The van der Waals surface area contributed by atoms with Crippen molar-refractivity contribution in [2.75, 3.05) is 11.9 Å². The van der Waals surface area contributed by atoms with Crippen molar-refractivity contribution in [2.24, 2.45) is 0 Å². The van der Waals surface area contributed by atoms with Crippen LogP contribution in [0.5, 0.6) is 0 Å². The van der Waals surface area contributed by atoms with Crippen LogP contribution >= 0.6 is 27.7 Å². The Morgan fingerprint density at radius 1 is 1.05 bits per heavy atom. The van der Waals surface area contributed by atoms with Crippen LogP contribution in [0.3, 0.4) is 0 Å². The Balaban J connectivity index is 1.20. The monoisotopic (exact) mass is 627 g/mol. The van der Waals surface area contributed by atoms with Gasteiger partial charge in [0.15, 0.2) is 5.76 Å². The quantitative estimate of drug-likeness (QED) is 0.139. The molecule has 1 unspecified atom stereocenters. The van der Waals surface area contributed by atoms with Crippen LogP contribution in [0.15, 0.2) is 110 Å². The van der Waals surface area contributed by atoms with Crippen molar-refractivity contribution in [1.82, 2.24) is 19.7 Å². The molecule has 1 aliphatic rings. The van der Waals surface area contributed by atoms with Crippen LogP contribution in [0.2, 0.25) is 0 Å². The summed E-state index contributed by atoms with van der Waals surface area (Å²) in [6.07, 6.45) is 1.75. The van der Waals surface area contributed by atoms with Crippen LogP contribution in [-0.2, 0) is 15.3 Å². The molecule has 3 aromatic carbocycles. The van der Waals surface area contributed by atoms with Crippen LogP contribution in [-0.4, -0.2) is 32.3 Å².